The number of pyridine rings is 1. The molecule has 0 bridgehead atoms. The van der Waals surface area contributed by atoms with Crippen LogP contribution in [0.5, 0.6) is 0 Å². The Morgan fingerprint density at radius 3 is 2.41 bits per heavy atom. The second kappa shape index (κ2) is 8.68. The largest absolute Gasteiger partial charge is 0.444 e. The maximum absolute atomic E-state index is 12.3. The Hall–Kier alpha value is -3.30. The second-order valence-corrected chi connectivity index (χ2v) is 9.18. The topological polar surface area (TPSA) is 69.5 Å². The lowest BCUT2D eigenvalue weighted by Gasteiger charge is -2.37. The third-order valence-corrected chi connectivity index (χ3v) is 5.81. The van der Waals surface area contributed by atoms with Crippen LogP contribution in [-0.4, -0.2) is 47.8 Å². The number of fused-ring (bicyclic) bond motifs is 1. The van der Waals surface area contributed by atoms with Gasteiger partial charge in [-0.15, -0.1) is 0 Å². The smallest absolute Gasteiger partial charge is 0.410 e. The lowest BCUT2D eigenvalue weighted by atomic mass is 10.0. The molecule has 2 aromatic carbocycles. The summed E-state index contributed by atoms with van der Waals surface area (Å²) in [6.45, 7) is 8.04. The highest BCUT2D eigenvalue weighted by atomic mass is 35.5. The van der Waals surface area contributed by atoms with Crippen LogP contribution >= 0.6 is 11.6 Å². The highest BCUT2D eigenvalue weighted by molar-refractivity contribution is 6.38. The molecule has 3 aromatic rings. The number of nitrogens with zero attached hydrogens (tertiary/aromatic N) is 4. The Balaban J connectivity index is 1.57. The normalized spacial score (nSPS) is 14.3. The van der Waals surface area contributed by atoms with Crippen molar-refractivity contribution in [3.8, 4) is 17.2 Å². The van der Waals surface area contributed by atoms with E-state index in [1.165, 1.54) is 0 Å². The van der Waals surface area contributed by atoms with Crippen LogP contribution in [0.4, 0.5) is 10.5 Å². The molecule has 7 heteroatoms. The number of hydrogen-bond acceptors (Lipinski definition) is 5. The second-order valence-electron chi connectivity index (χ2n) is 8.80. The predicted octanol–water partition coefficient (Wildman–Crippen LogP) is 5.48. The molecule has 1 fully saturated rings. The number of benzene rings is 2. The first-order chi connectivity index (χ1) is 15.3. The van der Waals surface area contributed by atoms with Gasteiger partial charge in [-0.1, -0.05) is 41.9 Å². The lowest BCUT2D eigenvalue weighted by molar-refractivity contribution is 0.0240. The third kappa shape index (κ3) is 4.49. The first-order valence-electron chi connectivity index (χ1n) is 10.6. The van der Waals surface area contributed by atoms with Crippen LogP contribution < -0.4 is 4.90 Å². The fraction of sp³-hybridized carbons (Fsp3) is 0.320. The van der Waals surface area contributed by atoms with Gasteiger partial charge in [-0.25, -0.2) is 4.79 Å². The number of amides is 1. The first-order valence-corrected chi connectivity index (χ1v) is 11.0. The van der Waals surface area contributed by atoms with Crippen molar-refractivity contribution in [2.75, 3.05) is 31.1 Å². The average Bonchev–Trinajstić information content (AvgIpc) is 2.78. The Morgan fingerprint density at radius 1 is 1.09 bits per heavy atom. The molecule has 1 aliphatic rings. The van der Waals surface area contributed by atoms with Gasteiger partial charge in [0, 0.05) is 37.1 Å². The van der Waals surface area contributed by atoms with Crippen molar-refractivity contribution in [2.45, 2.75) is 26.4 Å². The fourth-order valence-corrected chi connectivity index (χ4v) is 4.14. The molecule has 1 aromatic heterocycles. The summed E-state index contributed by atoms with van der Waals surface area (Å²) in [7, 11) is 0. The van der Waals surface area contributed by atoms with Gasteiger partial charge >= 0.3 is 6.09 Å². The molecule has 2 heterocycles. The Kier molecular flexibility index (Phi) is 5.94. The molecule has 1 amide bonds. The minimum atomic E-state index is -0.508. The van der Waals surface area contributed by atoms with E-state index in [0.717, 1.165) is 27.7 Å². The molecule has 1 aliphatic heterocycles. The summed E-state index contributed by atoms with van der Waals surface area (Å²) < 4.78 is 5.48. The van der Waals surface area contributed by atoms with Gasteiger partial charge < -0.3 is 14.5 Å². The first kappa shape index (κ1) is 21.9. The van der Waals surface area contributed by atoms with Crippen LogP contribution in [0.3, 0.4) is 0 Å². The van der Waals surface area contributed by atoms with Gasteiger partial charge in [0.05, 0.1) is 34.1 Å². The molecule has 4 rings (SSSR count). The van der Waals surface area contributed by atoms with Crippen molar-refractivity contribution in [3.05, 3.63) is 59.2 Å². The molecule has 32 heavy (non-hydrogen) atoms. The molecular weight excluding hydrogens is 424 g/mol. The summed E-state index contributed by atoms with van der Waals surface area (Å²) in [6, 6.07) is 15.5. The summed E-state index contributed by atoms with van der Waals surface area (Å²) in [6.07, 6.45) is 1.52. The summed E-state index contributed by atoms with van der Waals surface area (Å²) in [4.78, 5) is 21.0. The molecule has 0 aliphatic carbocycles. The molecule has 0 atom stereocenters. The van der Waals surface area contributed by atoms with Crippen LogP contribution in [0, 0.1) is 11.3 Å². The summed E-state index contributed by atoms with van der Waals surface area (Å²) in [5.74, 6) is 0. The van der Waals surface area contributed by atoms with Crippen molar-refractivity contribution >= 4 is 34.3 Å². The van der Waals surface area contributed by atoms with Gasteiger partial charge in [-0.2, -0.15) is 5.26 Å². The monoisotopic (exact) mass is 448 g/mol. The van der Waals surface area contributed by atoms with Crippen molar-refractivity contribution < 1.29 is 9.53 Å². The standard InChI is InChI=1S/C25H25ClN4O2/c1-25(2,3)32-24(31)30-13-11-29(12-14-30)21-16-28-23-19(5-4-6-20(23)22(21)26)18-9-7-17(15-27)8-10-18/h4-10,16H,11-14H2,1-3H3. The van der Waals surface area contributed by atoms with Gasteiger partial charge in [0.15, 0.2) is 0 Å². The van der Waals surface area contributed by atoms with E-state index >= 15 is 0 Å². The zero-order valence-electron chi connectivity index (χ0n) is 18.4. The molecule has 0 spiro atoms. The van der Waals surface area contributed by atoms with E-state index in [4.69, 9.17) is 26.6 Å². The van der Waals surface area contributed by atoms with E-state index in [2.05, 4.69) is 11.0 Å². The quantitative estimate of drug-likeness (QED) is 0.518. The SMILES string of the molecule is CC(C)(C)OC(=O)N1CCN(c2cnc3c(-c4ccc(C#N)cc4)cccc3c2Cl)CC1. The zero-order chi connectivity index (χ0) is 22.9. The molecule has 1 saturated heterocycles. The summed E-state index contributed by atoms with van der Waals surface area (Å²) >= 11 is 6.84. The third-order valence-electron chi connectivity index (χ3n) is 5.41. The number of hydrogen-bond donors (Lipinski definition) is 0. The van der Waals surface area contributed by atoms with Gasteiger partial charge in [-0.3, -0.25) is 4.98 Å². The molecule has 0 radical (unpaired) electrons. The highest BCUT2D eigenvalue weighted by Gasteiger charge is 2.27. The Morgan fingerprint density at radius 2 is 1.78 bits per heavy atom. The van der Waals surface area contributed by atoms with Gasteiger partial charge in [-0.05, 0) is 38.5 Å². The maximum atomic E-state index is 12.3. The van der Waals surface area contributed by atoms with Crippen molar-refractivity contribution in [1.82, 2.24) is 9.88 Å². The Labute approximate surface area is 193 Å². The van der Waals surface area contributed by atoms with Crippen molar-refractivity contribution in [2.24, 2.45) is 0 Å². The van der Waals surface area contributed by atoms with Gasteiger partial charge in [0.1, 0.15) is 5.60 Å². The van der Waals surface area contributed by atoms with Crippen molar-refractivity contribution in [3.63, 3.8) is 0 Å². The number of aromatic nitrogens is 1. The lowest BCUT2D eigenvalue weighted by Crippen LogP contribution is -2.50. The number of nitriles is 1. The van der Waals surface area contributed by atoms with Crippen LogP contribution in [0.2, 0.25) is 5.02 Å². The molecular formula is C25H25ClN4O2. The number of anilines is 1. The van der Waals surface area contributed by atoms with Gasteiger partial charge in [0.25, 0.3) is 0 Å². The van der Waals surface area contributed by atoms with Crippen LogP contribution in [-0.2, 0) is 4.74 Å². The van der Waals surface area contributed by atoms with E-state index in [1.807, 2.05) is 51.1 Å². The number of para-hydroxylation sites is 1. The molecule has 164 valence electrons. The van der Waals surface area contributed by atoms with E-state index in [9.17, 15) is 4.79 Å². The highest BCUT2D eigenvalue weighted by Crippen LogP contribution is 2.36. The van der Waals surface area contributed by atoms with Crippen LogP contribution in [0.1, 0.15) is 26.3 Å². The number of ether oxygens (including phenoxy) is 1. The average molecular weight is 449 g/mol. The molecule has 0 unspecified atom stereocenters. The minimum absolute atomic E-state index is 0.285. The fourth-order valence-electron chi connectivity index (χ4n) is 3.81. The number of carbonyl (C=O) groups excluding carboxylic acids is 1. The molecule has 6 nitrogen and oxygen atoms in total. The zero-order valence-corrected chi connectivity index (χ0v) is 19.2. The van der Waals surface area contributed by atoms with Gasteiger partial charge in [0.2, 0.25) is 0 Å². The van der Waals surface area contributed by atoms with E-state index in [0.29, 0.717) is 36.8 Å². The predicted molar refractivity (Wildman–Crippen MR) is 127 cm³/mol. The minimum Gasteiger partial charge on any atom is -0.444 e. The number of halogens is 1. The van der Waals surface area contributed by atoms with E-state index in [1.54, 1.807) is 23.2 Å². The number of piperazine rings is 1. The maximum Gasteiger partial charge on any atom is 0.410 e. The Bertz CT molecular complexity index is 1190. The van der Waals surface area contributed by atoms with Crippen LogP contribution in [0.25, 0.3) is 22.0 Å². The molecule has 0 saturated carbocycles. The number of carbonyl (C=O) groups is 1. The van der Waals surface area contributed by atoms with Crippen LogP contribution in [0.15, 0.2) is 48.7 Å². The summed E-state index contributed by atoms with van der Waals surface area (Å²) in [5, 5.41) is 10.6. The van der Waals surface area contributed by atoms with Crippen molar-refractivity contribution in [1.29, 1.82) is 5.26 Å². The summed E-state index contributed by atoms with van der Waals surface area (Å²) in [5.41, 5.74) is 3.74. The van der Waals surface area contributed by atoms with E-state index < -0.39 is 5.60 Å². The molecule has 0 N–H and O–H groups in total. The number of rotatable bonds is 2. The van der Waals surface area contributed by atoms with E-state index in [-0.39, 0.29) is 6.09 Å².